The maximum atomic E-state index is 12.2. The van der Waals surface area contributed by atoms with Gasteiger partial charge in [0.05, 0.1) is 13.7 Å². The van der Waals surface area contributed by atoms with Gasteiger partial charge < -0.3 is 34.8 Å². The molecule has 2 atom stereocenters. The Morgan fingerprint density at radius 2 is 1.83 bits per heavy atom. The van der Waals surface area contributed by atoms with E-state index in [4.69, 9.17) is 14.2 Å². The second kappa shape index (κ2) is 10.8. The van der Waals surface area contributed by atoms with Gasteiger partial charge in [-0.05, 0) is 60.0 Å². The zero-order valence-electron chi connectivity index (χ0n) is 19.2. The van der Waals surface area contributed by atoms with E-state index in [2.05, 4.69) is 5.32 Å². The fourth-order valence-electron chi connectivity index (χ4n) is 3.77. The van der Waals surface area contributed by atoms with Crippen LogP contribution in [-0.2, 0) is 11.2 Å². The molecule has 0 fully saturated rings. The van der Waals surface area contributed by atoms with E-state index in [9.17, 15) is 20.1 Å². The standard InChI is InChI=1S/C27H27NO7/c1-33-23-15-19(6-9-21(23)31)27-25(16-29)34-24-14-18(4-10-22(24)35-27)5-11-26(32)28-13-12-17-2-7-20(30)8-3-17/h2-11,14-15,25,27,29-31H,12-13,16H2,1H3,(H,28,32)/b11-5-/t25-,27-/m1/s1. The van der Waals surface area contributed by atoms with Gasteiger partial charge in [0.2, 0.25) is 5.91 Å². The maximum absolute atomic E-state index is 12.2. The fraction of sp³-hybridized carbons (Fsp3) is 0.222. The van der Waals surface area contributed by atoms with Crippen molar-refractivity contribution in [3.8, 4) is 28.7 Å². The maximum Gasteiger partial charge on any atom is 0.244 e. The minimum absolute atomic E-state index is 0.00902. The summed E-state index contributed by atoms with van der Waals surface area (Å²) in [7, 11) is 1.46. The number of aromatic hydroxyl groups is 2. The highest BCUT2D eigenvalue weighted by Crippen LogP contribution is 2.41. The molecule has 3 aromatic carbocycles. The van der Waals surface area contributed by atoms with Crippen molar-refractivity contribution in [1.29, 1.82) is 0 Å². The van der Waals surface area contributed by atoms with E-state index in [1.54, 1.807) is 48.5 Å². The molecule has 0 radical (unpaired) electrons. The third kappa shape index (κ3) is 5.85. The van der Waals surface area contributed by atoms with Crippen LogP contribution >= 0.6 is 0 Å². The Hall–Kier alpha value is -4.17. The van der Waals surface area contributed by atoms with Gasteiger partial charge in [-0.3, -0.25) is 4.79 Å². The lowest BCUT2D eigenvalue weighted by atomic mass is 10.0. The number of benzene rings is 3. The van der Waals surface area contributed by atoms with Crippen LogP contribution in [-0.4, -0.2) is 47.6 Å². The van der Waals surface area contributed by atoms with E-state index >= 15 is 0 Å². The van der Waals surface area contributed by atoms with E-state index in [-0.39, 0.29) is 24.0 Å². The van der Waals surface area contributed by atoms with Gasteiger partial charge in [0.15, 0.2) is 35.2 Å². The molecule has 4 N–H and O–H groups in total. The summed E-state index contributed by atoms with van der Waals surface area (Å²) in [5.74, 6) is 1.25. The van der Waals surface area contributed by atoms with Crippen molar-refractivity contribution in [2.24, 2.45) is 0 Å². The molecule has 0 bridgehead atoms. The number of hydrogen-bond acceptors (Lipinski definition) is 7. The molecule has 1 amide bonds. The molecule has 1 aliphatic rings. The van der Waals surface area contributed by atoms with Crippen LogP contribution in [0.15, 0.2) is 66.7 Å². The summed E-state index contributed by atoms with van der Waals surface area (Å²) in [6.07, 6.45) is 2.50. The van der Waals surface area contributed by atoms with Gasteiger partial charge in [-0.1, -0.05) is 24.3 Å². The zero-order valence-corrected chi connectivity index (χ0v) is 19.2. The molecule has 1 aliphatic heterocycles. The van der Waals surface area contributed by atoms with Gasteiger partial charge in [0.1, 0.15) is 5.75 Å². The number of rotatable bonds is 8. The van der Waals surface area contributed by atoms with Crippen molar-refractivity contribution in [1.82, 2.24) is 5.32 Å². The van der Waals surface area contributed by atoms with E-state index in [1.807, 2.05) is 12.1 Å². The van der Waals surface area contributed by atoms with Gasteiger partial charge >= 0.3 is 0 Å². The highest BCUT2D eigenvalue weighted by Gasteiger charge is 2.33. The molecule has 0 aliphatic carbocycles. The summed E-state index contributed by atoms with van der Waals surface area (Å²) < 4.78 is 17.3. The summed E-state index contributed by atoms with van der Waals surface area (Å²) in [6, 6.07) is 17.0. The van der Waals surface area contributed by atoms with Crippen LogP contribution in [0.5, 0.6) is 28.7 Å². The first kappa shape index (κ1) is 24.0. The average molecular weight is 478 g/mol. The highest BCUT2D eigenvalue weighted by atomic mass is 16.6. The number of fused-ring (bicyclic) bond motifs is 1. The number of methoxy groups -OCH3 is 1. The van der Waals surface area contributed by atoms with Crippen LogP contribution in [0.25, 0.3) is 6.08 Å². The number of phenolic OH excluding ortho intramolecular Hbond substituents is 2. The molecule has 4 rings (SSSR count). The van der Waals surface area contributed by atoms with Gasteiger partial charge in [-0.15, -0.1) is 0 Å². The molecule has 0 spiro atoms. The van der Waals surface area contributed by atoms with Crippen molar-refractivity contribution in [2.45, 2.75) is 18.6 Å². The molecule has 35 heavy (non-hydrogen) atoms. The highest BCUT2D eigenvalue weighted by molar-refractivity contribution is 5.91. The third-order valence-electron chi connectivity index (χ3n) is 5.63. The Labute approximate surface area is 203 Å². The summed E-state index contributed by atoms with van der Waals surface area (Å²) >= 11 is 0. The van der Waals surface area contributed by atoms with Crippen molar-refractivity contribution in [2.75, 3.05) is 20.3 Å². The summed E-state index contributed by atoms with van der Waals surface area (Å²) in [5, 5.41) is 31.9. The van der Waals surface area contributed by atoms with Crippen LogP contribution in [0.1, 0.15) is 22.8 Å². The monoisotopic (exact) mass is 477 g/mol. The molecule has 1 heterocycles. The van der Waals surface area contributed by atoms with Gasteiger partial charge in [-0.25, -0.2) is 0 Å². The van der Waals surface area contributed by atoms with E-state index in [1.165, 1.54) is 19.3 Å². The molecule has 0 saturated heterocycles. The van der Waals surface area contributed by atoms with Crippen molar-refractivity contribution in [3.05, 3.63) is 83.4 Å². The topological polar surface area (TPSA) is 117 Å². The largest absolute Gasteiger partial charge is 0.508 e. The lowest BCUT2D eigenvalue weighted by molar-refractivity contribution is -0.116. The predicted octanol–water partition coefficient (Wildman–Crippen LogP) is 3.35. The Kier molecular flexibility index (Phi) is 7.42. The minimum Gasteiger partial charge on any atom is -0.508 e. The first-order valence-electron chi connectivity index (χ1n) is 11.2. The molecule has 3 aromatic rings. The number of nitrogens with one attached hydrogen (secondary N) is 1. The Bertz CT molecular complexity index is 1210. The lowest BCUT2D eigenvalue weighted by Gasteiger charge is -2.33. The van der Waals surface area contributed by atoms with Crippen LogP contribution < -0.4 is 19.5 Å². The summed E-state index contributed by atoms with van der Waals surface area (Å²) in [4.78, 5) is 12.2. The average Bonchev–Trinajstić information content (AvgIpc) is 2.88. The van der Waals surface area contributed by atoms with Gasteiger partial charge in [0.25, 0.3) is 0 Å². The van der Waals surface area contributed by atoms with E-state index in [0.717, 1.165) is 11.1 Å². The SMILES string of the molecule is COc1cc([C@H]2Oc3ccc(/C=C\C(=O)NCCc4ccc(O)cc4)cc3O[C@@H]2CO)ccc1O. The quantitative estimate of drug-likeness (QED) is 0.368. The number of amides is 1. The number of ether oxygens (including phenoxy) is 3. The third-order valence-corrected chi connectivity index (χ3v) is 5.63. The lowest BCUT2D eigenvalue weighted by Crippen LogP contribution is -2.36. The number of aliphatic hydroxyl groups excluding tert-OH is 1. The second-order valence-electron chi connectivity index (χ2n) is 8.06. The summed E-state index contributed by atoms with van der Waals surface area (Å²) in [6.45, 7) is 0.188. The number of carbonyl (C=O) groups is 1. The van der Waals surface area contributed by atoms with Crippen molar-refractivity contribution >= 4 is 12.0 Å². The molecule has 182 valence electrons. The van der Waals surface area contributed by atoms with E-state index < -0.39 is 12.2 Å². The normalized spacial score (nSPS) is 16.7. The van der Waals surface area contributed by atoms with Crippen LogP contribution in [0.4, 0.5) is 0 Å². The van der Waals surface area contributed by atoms with Crippen LogP contribution in [0.2, 0.25) is 0 Å². The number of carbonyl (C=O) groups excluding carboxylic acids is 1. The molecule has 0 saturated carbocycles. The smallest absolute Gasteiger partial charge is 0.244 e. The van der Waals surface area contributed by atoms with Gasteiger partial charge in [-0.2, -0.15) is 0 Å². The molecule has 0 unspecified atom stereocenters. The molecular formula is C27H27NO7. The molecule has 8 heteroatoms. The van der Waals surface area contributed by atoms with Crippen LogP contribution in [0.3, 0.4) is 0 Å². The number of aliphatic hydroxyl groups is 1. The molecule has 0 aromatic heterocycles. The number of hydrogen-bond donors (Lipinski definition) is 4. The Balaban J connectivity index is 1.39. The fourth-order valence-corrected chi connectivity index (χ4v) is 3.77. The van der Waals surface area contributed by atoms with Crippen molar-refractivity contribution < 1.29 is 34.3 Å². The predicted molar refractivity (Wildman–Crippen MR) is 130 cm³/mol. The van der Waals surface area contributed by atoms with Crippen LogP contribution in [0, 0.1) is 0 Å². The molecule has 8 nitrogen and oxygen atoms in total. The van der Waals surface area contributed by atoms with E-state index in [0.29, 0.717) is 35.8 Å². The van der Waals surface area contributed by atoms with Crippen molar-refractivity contribution in [3.63, 3.8) is 0 Å². The zero-order chi connectivity index (χ0) is 24.8. The first-order valence-corrected chi connectivity index (χ1v) is 11.2. The van der Waals surface area contributed by atoms with Gasteiger partial charge in [0, 0.05) is 18.2 Å². The minimum atomic E-state index is -0.667. The second-order valence-corrected chi connectivity index (χ2v) is 8.06. The Morgan fingerprint density at radius 1 is 1.03 bits per heavy atom. The first-order chi connectivity index (χ1) is 17.0. The molecular weight excluding hydrogens is 450 g/mol. The Morgan fingerprint density at radius 3 is 2.57 bits per heavy atom. The number of phenols is 2. The summed E-state index contributed by atoms with van der Waals surface area (Å²) in [5.41, 5.74) is 2.45.